The monoisotopic (exact) mass is 309 g/mol. The number of hydrogen-bond acceptors (Lipinski definition) is 3. The smallest absolute Gasteiger partial charge is 0.255 e. The van der Waals surface area contributed by atoms with Crippen molar-refractivity contribution in [2.45, 2.75) is 0 Å². The van der Waals surface area contributed by atoms with Crippen LogP contribution >= 0.6 is 23.2 Å². The number of fused-ring (bicyclic) bond motifs is 1. The number of halogens is 2. The predicted octanol–water partition coefficient (Wildman–Crippen LogP) is 3.97. The molecule has 20 heavy (non-hydrogen) atoms. The molecule has 1 heterocycles. The van der Waals surface area contributed by atoms with Crippen LogP contribution in [0, 0.1) is 0 Å². The summed E-state index contributed by atoms with van der Waals surface area (Å²) in [6, 6.07) is 10.0. The van der Waals surface area contributed by atoms with Gasteiger partial charge in [0.2, 0.25) is 6.79 Å². The summed E-state index contributed by atoms with van der Waals surface area (Å²) in [5.74, 6) is 0.632. The van der Waals surface area contributed by atoms with Crippen LogP contribution in [-0.2, 0) is 0 Å². The standard InChI is InChI=1S/C14H9Cl2NO3/c15-9-2-1-3-10(6-9)17-14(18)8-4-11(16)13-12(5-8)19-7-20-13/h1-6H,7H2,(H,17,18). The van der Waals surface area contributed by atoms with Crippen molar-refractivity contribution in [2.24, 2.45) is 0 Å². The summed E-state index contributed by atoms with van der Waals surface area (Å²) >= 11 is 11.9. The summed E-state index contributed by atoms with van der Waals surface area (Å²) in [5, 5.41) is 3.63. The zero-order valence-electron chi connectivity index (χ0n) is 10.2. The predicted molar refractivity (Wildman–Crippen MR) is 77.0 cm³/mol. The highest BCUT2D eigenvalue weighted by atomic mass is 35.5. The molecule has 0 saturated carbocycles. The van der Waals surface area contributed by atoms with Gasteiger partial charge in [-0.1, -0.05) is 29.3 Å². The fourth-order valence-corrected chi connectivity index (χ4v) is 2.32. The first kappa shape index (κ1) is 13.1. The Kier molecular flexibility index (Phi) is 3.42. The van der Waals surface area contributed by atoms with E-state index in [0.29, 0.717) is 32.8 Å². The molecule has 1 amide bonds. The quantitative estimate of drug-likeness (QED) is 0.913. The van der Waals surface area contributed by atoms with Gasteiger partial charge < -0.3 is 14.8 Å². The number of benzene rings is 2. The zero-order valence-corrected chi connectivity index (χ0v) is 11.7. The summed E-state index contributed by atoms with van der Waals surface area (Å²) in [6.45, 7) is 0.106. The van der Waals surface area contributed by atoms with E-state index in [1.54, 1.807) is 30.3 Å². The Bertz CT molecular complexity index is 688. The molecule has 0 bridgehead atoms. The first-order valence-electron chi connectivity index (χ1n) is 5.79. The fourth-order valence-electron chi connectivity index (χ4n) is 1.87. The molecule has 1 aliphatic rings. The minimum Gasteiger partial charge on any atom is -0.454 e. The maximum Gasteiger partial charge on any atom is 0.255 e. The molecular weight excluding hydrogens is 301 g/mol. The number of rotatable bonds is 2. The molecule has 2 aromatic rings. The molecule has 0 aliphatic carbocycles. The Balaban J connectivity index is 1.86. The van der Waals surface area contributed by atoms with Crippen molar-refractivity contribution >= 4 is 34.8 Å². The van der Waals surface area contributed by atoms with Crippen molar-refractivity contribution in [1.82, 2.24) is 0 Å². The number of hydrogen-bond donors (Lipinski definition) is 1. The van der Waals surface area contributed by atoms with Crippen molar-refractivity contribution in [2.75, 3.05) is 12.1 Å². The van der Waals surface area contributed by atoms with Crippen LogP contribution in [0.1, 0.15) is 10.4 Å². The molecule has 0 aromatic heterocycles. The van der Waals surface area contributed by atoms with Gasteiger partial charge in [-0.3, -0.25) is 4.79 Å². The highest BCUT2D eigenvalue weighted by Gasteiger charge is 2.20. The third-order valence-corrected chi connectivity index (χ3v) is 3.29. The van der Waals surface area contributed by atoms with Crippen LogP contribution in [0.2, 0.25) is 10.0 Å². The lowest BCUT2D eigenvalue weighted by molar-refractivity contribution is 0.102. The first-order valence-corrected chi connectivity index (χ1v) is 6.55. The van der Waals surface area contributed by atoms with Crippen molar-refractivity contribution < 1.29 is 14.3 Å². The lowest BCUT2D eigenvalue weighted by Gasteiger charge is -2.07. The van der Waals surface area contributed by atoms with E-state index in [1.165, 1.54) is 6.07 Å². The topological polar surface area (TPSA) is 47.6 Å². The SMILES string of the molecule is O=C(Nc1cccc(Cl)c1)c1cc(Cl)c2c(c1)OCO2. The van der Waals surface area contributed by atoms with Crippen molar-refractivity contribution in [3.8, 4) is 11.5 Å². The van der Waals surface area contributed by atoms with Crippen molar-refractivity contribution in [1.29, 1.82) is 0 Å². The Labute approximate surface area is 125 Å². The summed E-state index contributed by atoms with van der Waals surface area (Å²) in [7, 11) is 0. The maximum atomic E-state index is 12.2. The molecule has 0 fully saturated rings. The van der Waals surface area contributed by atoms with Gasteiger partial charge in [0.05, 0.1) is 5.02 Å². The third-order valence-electron chi connectivity index (χ3n) is 2.77. The van der Waals surface area contributed by atoms with E-state index in [1.807, 2.05) is 0 Å². The van der Waals surface area contributed by atoms with E-state index in [9.17, 15) is 4.79 Å². The van der Waals surface area contributed by atoms with Crippen LogP contribution in [0.5, 0.6) is 11.5 Å². The van der Waals surface area contributed by atoms with E-state index in [-0.39, 0.29) is 12.7 Å². The van der Waals surface area contributed by atoms with E-state index in [4.69, 9.17) is 32.7 Å². The van der Waals surface area contributed by atoms with E-state index in [0.717, 1.165) is 0 Å². The number of carbonyl (C=O) groups excluding carboxylic acids is 1. The van der Waals surface area contributed by atoms with Gasteiger partial charge in [-0.25, -0.2) is 0 Å². The third kappa shape index (κ3) is 2.53. The van der Waals surface area contributed by atoms with Gasteiger partial charge in [-0.2, -0.15) is 0 Å². The van der Waals surface area contributed by atoms with Gasteiger partial charge in [0, 0.05) is 16.3 Å². The van der Waals surface area contributed by atoms with Crippen molar-refractivity contribution in [3.63, 3.8) is 0 Å². The molecule has 1 N–H and O–H groups in total. The molecular formula is C14H9Cl2NO3. The summed E-state index contributed by atoms with van der Waals surface area (Å²) < 4.78 is 10.4. The number of nitrogens with one attached hydrogen (secondary N) is 1. The van der Waals surface area contributed by atoms with E-state index in [2.05, 4.69) is 5.32 Å². The molecule has 0 spiro atoms. The minimum absolute atomic E-state index is 0.106. The summed E-state index contributed by atoms with van der Waals surface area (Å²) in [5.41, 5.74) is 0.996. The highest BCUT2D eigenvalue weighted by molar-refractivity contribution is 6.33. The second kappa shape index (κ2) is 5.23. The van der Waals surface area contributed by atoms with Crippen LogP contribution < -0.4 is 14.8 Å². The average molecular weight is 310 g/mol. The van der Waals surface area contributed by atoms with Crippen LogP contribution in [0.15, 0.2) is 36.4 Å². The largest absolute Gasteiger partial charge is 0.454 e. The Morgan fingerprint density at radius 2 is 2.00 bits per heavy atom. The molecule has 102 valence electrons. The minimum atomic E-state index is -0.299. The second-order valence-corrected chi connectivity index (χ2v) is 5.00. The molecule has 2 aromatic carbocycles. The fraction of sp³-hybridized carbons (Fsp3) is 0.0714. The Morgan fingerprint density at radius 1 is 1.15 bits per heavy atom. The van der Waals surface area contributed by atoms with Gasteiger partial charge in [0.15, 0.2) is 11.5 Å². The van der Waals surface area contributed by atoms with Crippen LogP contribution in [-0.4, -0.2) is 12.7 Å². The van der Waals surface area contributed by atoms with Gasteiger partial charge in [-0.05, 0) is 30.3 Å². The second-order valence-electron chi connectivity index (χ2n) is 4.16. The van der Waals surface area contributed by atoms with Gasteiger partial charge in [0.25, 0.3) is 5.91 Å². The van der Waals surface area contributed by atoms with E-state index < -0.39 is 0 Å². The molecule has 6 heteroatoms. The zero-order chi connectivity index (χ0) is 14.1. The van der Waals surface area contributed by atoms with E-state index >= 15 is 0 Å². The molecule has 0 saturated heterocycles. The molecule has 3 rings (SSSR count). The normalized spacial score (nSPS) is 12.3. The van der Waals surface area contributed by atoms with Gasteiger partial charge in [0.1, 0.15) is 0 Å². The van der Waals surface area contributed by atoms with Crippen LogP contribution in [0.3, 0.4) is 0 Å². The molecule has 1 aliphatic heterocycles. The lowest BCUT2D eigenvalue weighted by Crippen LogP contribution is -2.11. The Hall–Kier alpha value is -1.91. The van der Waals surface area contributed by atoms with Gasteiger partial charge >= 0.3 is 0 Å². The highest BCUT2D eigenvalue weighted by Crippen LogP contribution is 2.39. The molecule has 4 nitrogen and oxygen atoms in total. The Morgan fingerprint density at radius 3 is 2.80 bits per heavy atom. The maximum absolute atomic E-state index is 12.2. The number of amides is 1. The number of carbonyl (C=O) groups is 1. The molecule has 0 unspecified atom stereocenters. The average Bonchev–Trinajstić information content (AvgIpc) is 2.87. The van der Waals surface area contributed by atoms with Crippen LogP contribution in [0.4, 0.5) is 5.69 Å². The first-order chi connectivity index (χ1) is 9.63. The lowest BCUT2D eigenvalue weighted by atomic mass is 10.2. The summed E-state index contributed by atoms with van der Waals surface area (Å²) in [4.78, 5) is 12.2. The van der Waals surface area contributed by atoms with Crippen molar-refractivity contribution in [3.05, 3.63) is 52.0 Å². The van der Waals surface area contributed by atoms with Crippen LogP contribution in [0.25, 0.3) is 0 Å². The molecule has 0 atom stereocenters. The number of anilines is 1. The summed E-state index contributed by atoms with van der Waals surface area (Å²) in [6.07, 6.45) is 0. The van der Waals surface area contributed by atoms with Gasteiger partial charge in [-0.15, -0.1) is 0 Å². The molecule has 0 radical (unpaired) electrons. The number of ether oxygens (including phenoxy) is 2.